The molecule has 0 aromatic heterocycles. The molecule has 0 amide bonds. The monoisotopic (exact) mass is 286 g/mol. The minimum atomic E-state index is -0.573. The molecule has 3 nitrogen and oxygen atoms in total. The van der Waals surface area contributed by atoms with E-state index in [-0.39, 0.29) is 11.3 Å². The molecule has 2 aromatic carbocycles. The number of ketones is 2. The van der Waals surface area contributed by atoms with Gasteiger partial charge in [0.1, 0.15) is 5.75 Å². The minimum Gasteiger partial charge on any atom is -0.508 e. The summed E-state index contributed by atoms with van der Waals surface area (Å²) in [5, 5.41) is 9.10. The fourth-order valence-electron chi connectivity index (χ4n) is 1.46. The molecular formula is C18H22O3. The average Bonchev–Trinajstić information content (AvgIpc) is 2.58. The molecule has 112 valence electrons. The van der Waals surface area contributed by atoms with Gasteiger partial charge in [0.25, 0.3) is 0 Å². The standard InChI is InChI=1S/C14H10O3.2C2H6/c15-12-8-6-11(7-9-12)14(17)13(16)10-4-2-1-3-5-10;2*1-2/h1-9,15H;2*1-2H3. The van der Waals surface area contributed by atoms with Crippen LogP contribution in [0.5, 0.6) is 5.75 Å². The van der Waals surface area contributed by atoms with Crippen molar-refractivity contribution in [2.24, 2.45) is 0 Å². The number of carbonyl (C=O) groups is 2. The molecule has 0 aliphatic heterocycles. The van der Waals surface area contributed by atoms with E-state index in [1.54, 1.807) is 30.3 Å². The Labute approximate surface area is 126 Å². The first-order chi connectivity index (χ1) is 10.2. The molecule has 0 fully saturated rings. The first kappa shape index (κ1) is 18.6. The van der Waals surface area contributed by atoms with Crippen molar-refractivity contribution in [2.45, 2.75) is 27.7 Å². The van der Waals surface area contributed by atoms with Crippen LogP contribution in [0.25, 0.3) is 0 Å². The van der Waals surface area contributed by atoms with E-state index in [9.17, 15) is 9.59 Å². The third kappa shape index (κ3) is 5.61. The Morgan fingerprint density at radius 1 is 0.667 bits per heavy atom. The summed E-state index contributed by atoms with van der Waals surface area (Å²) in [6, 6.07) is 14.0. The highest BCUT2D eigenvalue weighted by molar-refractivity contribution is 6.49. The lowest BCUT2D eigenvalue weighted by Gasteiger charge is -2.00. The summed E-state index contributed by atoms with van der Waals surface area (Å²) in [6.07, 6.45) is 0. The van der Waals surface area contributed by atoms with Gasteiger partial charge in [-0.2, -0.15) is 0 Å². The molecule has 0 aliphatic carbocycles. The third-order valence-electron chi connectivity index (χ3n) is 2.37. The predicted octanol–water partition coefficient (Wildman–Crippen LogP) is 4.51. The van der Waals surface area contributed by atoms with Gasteiger partial charge in [0, 0.05) is 11.1 Å². The number of rotatable bonds is 3. The summed E-state index contributed by atoms with van der Waals surface area (Å²) in [6.45, 7) is 8.00. The van der Waals surface area contributed by atoms with Gasteiger partial charge in [0.2, 0.25) is 11.6 Å². The maximum atomic E-state index is 11.8. The van der Waals surface area contributed by atoms with E-state index in [4.69, 9.17) is 5.11 Å². The zero-order valence-electron chi connectivity index (χ0n) is 13.0. The van der Waals surface area contributed by atoms with Crippen molar-refractivity contribution in [1.29, 1.82) is 0 Å². The van der Waals surface area contributed by atoms with E-state index in [0.717, 1.165) is 0 Å². The van der Waals surface area contributed by atoms with Gasteiger partial charge in [-0.1, -0.05) is 58.0 Å². The second kappa shape index (κ2) is 10.4. The predicted molar refractivity (Wildman–Crippen MR) is 85.9 cm³/mol. The van der Waals surface area contributed by atoms with Crippen LogP contribution in [-0.4, -0.2) is 16.7 Å². The highest BCUT2D eigenvalue weighted by Crippen LogP contribution is 2.12. The van der Waals surface area contributed by atoms with Gasteiger partial charge in [-0.15, -0.1) is 0 Å². The summed E-state index contributed by atoms with van der Waals surface area (Å²) < 4.78 is 0. The van der Waals surface area contributed by atoms with Crippen molar-refractivity contribution in [1.82, 2.24) is 0 Å². The molecule has 0 unspecified atom stereocenters. The Bertz CT molecular complexity index is 542. The number of phenols is 1. The molecule has 0 bridgehead atoms. The highest BCUT2D eigenvalue weighted by Gasteiger charge is 2.17. The van der Waals surface area contributed by atoms with Gasteiger partial charge in [-0.3, -0.25) is 9.59 Å². The molecule has 0 radical (unpaired) electrons. The Morgan fingerprint density at radius 2 is 1.05 bits per heavy atom. The molecule has 0 atom stereocenters. The second-order valence-corrected chi connectivity index (χ2v) is 3.57. The smallest absolute Gasteiger partial charge is 0.233 e. The Kier molecular flexibility index (Phi) is 9.18. The van der Waals surface area contributed by atoms with Crippen molar-refractivity contribution < 1.29 is 14.7 Å². The van der Waals surface area contributed by atoms with Crippen molar-refractivity contribution in [2.75, 3.05) is 0 Å². The molecule has 0 saturated heterocycles. The van der Waals surface area contributed by atoms with E-state index in [0.29, 0.717) is 5.56 Å². The quantitative estimate of drug-likeness (QED) is 0.667. The fourth-order valence-corrected chi connectivity index (χ4v) is 1.46. The molecule has 0 aliphatic rings. The molecule has 2 rings (SSSR count). The van der Waals surface area contributed by atoms with Gasteiger partial charge in [-0.25, -0.2) is 0 Å². The normalized spacial score (nSPS) is 8.57. The van der Waals surface area contributed by atoms with E-state index in [1.807, 2.05) is 27.7 Å². The van der Waals surface area contributed by atoms with Gasteiger partial charge < -0.3 is 5.11 Å². The molecule has 0 heterocycles. The van der Waals surface area contributed by atoms with Crippen LogP contribution in [-0.2, 0) is 0 Å². The van der Waals surface area contributed by atoms with Gasteiger partial charge >= 0.3 is 0 Å². The number of hydrogen-bond donors (Lipinski definition) is 1. The van der Waals surface area contributed by atoms with E-state index >= 15 is 0 Å². The summed E-state index contributed by atoms with van der Waals surface area (Å²) >= 11 is 0. The lowest BCUT2D eigenvalue weighted by atomic mass is 10.0. The largest absolute Gasteiger partial charge is 0.508 e. The number of benzene rings is 2. The van der Waals surface area contributed by atoms with Crippen molar-refractivity contribution in [3.05, 3.63) is 65.7 Å². The molecule has 2 aromatic rings. The summed E-state index contributed by atoms with van der Waals surface area (Å²) in [7, 11) is 0. The van der Waals surface area contributed by atoms with E-state index in [1.165, 1.54) is 24.3 Å². The maximum Gasteiger partial charge on any atom is 0.233 e. The number of hydrogen-bond acceptors (Lipinski definition) is 3. The highest BCUT2D eigenvalue weighted by atomic mass is 16.3. The van der Waals surface area contributed by atoms with Gasteiger partial charge in [0.05, 0.1) is 0 Å². The van der Waals surface area contributed by atoms with Crippen molar-refractivity contribution >= 4 is 11.6 Å². The second-order valence-electron chi connectivity index (χ2n) is 3.57. The van der Waals surface area contributed by atoms with E-state index < -0.39 is 11.6 Å². The first-order valence-corrected chi connectivity index (χ1v) is 7.11. The van der Waals surface area contributed by atoms with Crippen LogP contribution in [0.3, 0.4) is 0 Å². The van der Waals surface area contributed by atoms with E-state index in [2.05, 4.69) is 0 Å². The number of carbonyl (C=O) groups excluding carboxylic acids is 2. The molecule has 0 spiro atoms. The molecule has 21 heavy (non-hydrogen) atoms. The Hall–Kier alpha value is -2.42. The van der Waals surface area contributed by atoms with Crippen LogP contribution in [0.1, 0.15) is 48.4 Å². The van der Waals surface area contributed by atoms with Crippen LogP contribution in [0.4, 0.5) is 0 Å². The maximum absolute atomic E-state index is 11.8. The number of Topliss-reactive ketones (excluding diaryl/α,β-unsaturated/α-hetero) is 2. The summed E-state index contributed by atoms with van der Waals surface area (Å²) in [5.74, 6) is -1.05. The third-order valence-corrected chi connectivity index (χ3v) is 2.37. The van der Waals surface area contributed by atoms with Crippen LogP contribution in [0, 0.1) is 0 Å². The van der Waals surface area contributed by atoms with Crippen LogP contribution in [0.15, 0.2) is 54.6 Å². The van der Waals surface area contributed by atoms with Crippen molar-refractivity contribution in [3.8, 4) is 5.75 Å². The minimum absolute atomic E-state index is 0.0636. The number of phenolic OH excluding ortho intramolecular Hbond substituents is 1. The average molecular weight is 286 g/mol. The van der Waals surface area contributed by atoms with Gasteiger partial charge in [0.15, 0.2) is 0 Å². The molecule has 3 heteroatoms. The fraction of sp³-hybridized carbons (Fsp3) is 0.222. The summed E-state index contributed by atoms with van der Waals surface area (Å²) in [5.41, 5.74) is 0.641. The lowest BCUT2D eigenvalue weighted by Crippen LogP contribution is -2.14. The van der Waals surface area contributed by atoms with Crippen LogP contribution in [0.2, 0.25) is 0 Å². The van der Waals surface area contributed by atoms with Gasteiger partial charge in [-0.05, 0) is 24.3 Å². The molecule has 0 saturated carbocycles. The number of aromatic hydroxyl groups is 1. The topological polar surface area (TPSA) is 54.4 Å². The van der Waals surface area contributed by atoms with Crippen LogP contribution < -0.4 is 0 Å². The summed E-state index contributed by atoms with van der Waals surface area (Å²) in [4.78, 5) is 23.6. The Balaban J connectivity index is 0.000000921. The first-order valence-electron chi connectivity index (χ1n) is 7.11. The zero-order valence-corrected chi connectivity index (χ0v) is 13.0. The SMILES string of the molecule is CC.CC.O=C(C(=O)c1ccc(O)cc1)c1ccccc1. The Morgan fingerprint density at radius 3 is 1.48 bits per heavy atom. The molecular weight excluding hydrogens is 264 g/mol. The zero-order chi connectivity index (χ0) is 16.3. The van der Waals surface area contributed by atoms with Crippen molar-refractivity contribution in [3.63, 3.8) is 0 Å². The molecule has 1 N–H and O–H groups in total. The van der Waals surface area contributed by atoms with Crippen LogP contribution >= 0.6 is 0 Å². The lowest BCUT2D eigenvalue weighted by molar-refractivity contribution is 0.0817.